The predicted octanol–water partition coefficient (Wildman–Crippen LogP) is 2.39. The van der Waals surface area contributed by atoms with E-state index in [9.17, 15) is 9.59 Å². The second-order valence-electron chi connectivity index (χ2n) is 5.21. The first-order valence-corrected chi connectivity index (χ1v) is 6.99. The first-order valence-electron chi connectivity index (χ1n) is 6.99. The summed E-state index contributed by atoms with van der Waals surface area (Å²) in [7, 11) is 3.28. The third-order valence-electron chi connectivity index (χ3n) is 3.62. The van der Waals surface area contributed by atoms with Gasteiger partial charge in [0.15, 0.2) is 0 Å². The number of pyridine rings is 1. The molecule has 1 aromatic heterocycles. The van der Waals surface area contributed by atoms with E-state index in [4.69, 9.17) is 9.84 Å². The number of hydrogen-bond donors (Lipinski definition) is 1. The normalized spacial score (nSPS) is 10.5. The number of carbonyl (C=O) groups is 1. The van der Waals surface area contributed by atoms with Gasteiger partial charge >= 0.3 is 5.97 Å². The van der Waals surface area contributed by atoms with Crippen LogP contribution >= 0.6 is 0 Å². The van der Waals surface area contributed by atoms with Gasteiger partial charge in [-0.2, -0.15) is 0 Å². The third kappa shape index (κ3) is 3.19. The molecule has 0 atom stereocenters. The summed E-state index contributed by atoms with van der Waals surface area (Å²) in [4.78, 5) is 23.0. The molecule has 0 fully saturated rings. The van der Waals surface area contributed by atoms with Crippen molar-refractivity contribution < 1.29 is 14.6 Å². The van der Waals surface area contributed by atoms with Crippen LogP contribution in [0.1, 0.15) is 17.5 Å². The lowest BCUT2D eigenvalue weighted by Gasteiger charge is -2.14. The molecule has 1 heterocycles. The maximum atomic E-state index is 12.4. The van der Waals surface area contributed by atoms with E-state index in [-0.39, 0.29) is 18.4 Å². The zero-order valence-electron chi connectivity index (χ0n) is 12.9. The van der Waals surface area contributed by atoms with Crippen LogP contribution in [0.3, 0.4) is 0 Å². The van der Waals surface area contributed by atoms with Gasteiger partial charge in [0.05, 0.1) is 12.8 Å². The van der Waals surface area contributed by atoms with Crippen LogP contribution in [0.2, 0.25) is 0 Å². The van der Waals surface area contributed by atoms with Gasteiger partial charge in [-0.15, -0.1) is 0 Å². The Morgan fingerprint density at radius 2 is 2.00 bits per heavy atom. The van der Waals surface area contributed by atoms with Crippen molar-refractivity contribution in [3.8, 4) is 17.0 Å². The van der Waals surface area contributed by atoms with Gasteiger partial charge in [0, 0.05) is 24.6 Å². The molecular weight excluding hydrogens is 282 g/mol. The summed E-state index contributed by atoms with van der Waals surface area (Å²) >= 11 is 0. The number of carboxylic acid groups (broad SMARTS) is 1. The standard InChI is InChI=1S/C17H19NO4/c1-11-4-8-15(22-3)13(10-11)14-7-5-12(6-9-16(19)20)17(21)18(14)2/h4-5,7-8,10H,6,9H2,1-3H3,(H,19,20). The largest absolute Gasteiger partial charge is 0.496 e. The summed E-state index contributed by atoms with van der Waals surface area (Å²) in [5, 5.41) is 8.74. The number of hydrogen-bond acceptors (Lipinski definition) is 3. The van der Waals surface area contributed by atoms with Gasteiger partial charge in [-0.1, -0.05) is 17.7 Å². The van der Waals surface area contributed by atoms with Gasteiger partial charge in [0.25, 0.3) is 5.56 Å². The minimum Gasteiger partial charge on any atom is -0.496 e. The van der Waals surface area contributed by atoms with Crippen LogP contribution in [0, 0.1) is 6.92 Å². The second kappa shape index (κ2) is 6.47. The Bertz CT molecular complexity index is 762. The topological polar surface area (TPSA) is 68.5 Å². The van der Waals surface area contributed by atoms with Crippen molar-refractivity contribution in [2.24, 2.45) is 7.05 Å². The molecule has 0 spiro atoms. The molecule has 0 bridgehead atoms. The molecule has 1 N–H and O–H groups in total. The van der Waals surface area contributed by atoms with Crippen molar-refractivity contribution in [2.75, 3.05) is 7.11 Å². The van der Waals surface area contributed by atoms with Gasteiger partial charge < -0.3 is 14.4 Å². The first-order chi connectivity index (χ1) is 10.4. The lowest BCUT2D eigenvalue weighted by molar-refractivity contribution is -0.136. The first kappa shape index (κ1) is 15.8. The number of aliphatic carboxylic acids is 1. The minimum absolute atomic E-state index is 0.0532. The smallest absolute Gasteiger partial charge is 0.303 e. The minimum atomic E-state index is -0.911. The van der Waals surface area contributed by atoms with E-state index in [1.807, 2.05) is 31.2 Å². The number of benzene rings is 1. The van der Waals surface area contributed by atoms with Gasteiger partial charge in [0.1, 0.15) is 5.75 Å². The number of nitrogens with zero attached hydrogens (tertiary/aromatic N) is 1. The fourth-order valence-corrected chi connectivity index (χ4v) is 2.41. The molecule has 0 aliphatic heterocycles. The maximum absolute atomic E-state index is 12.4. The van der Waals surface area contributed by atoms with E-state index in [1.54, 1.807) is 20.2 Å². The molecule has 116 valence electrons. The fraction of sp³-hybridized carbons (Fsp3) is 0.294. The van der Waals surface area contributed by atoms with Crippen LogP contribution in [-0.2, 0) is 18.3 Å². The van der Waals surface area contributed by atoms with E-state index >= 15 is 0 Å². The van der Waals surface area contributed by atoms with Crippen molar-refractivity contribution >= 4 is 5.97 Å². The van der Waals surface area contributed by atoms with E-state index in [0.29, 0.717) is 11.3 Å². The van der Waals surface area contributed by atoms with Crippen molar-refractivity contribution in [2.45, 2.75) is 19.8 Å². The van der Waals surface area contributed by atoms with Crippen molar-refractivity contribution in [3.63, 3.8) is 0 Å². The van der Waals surface area contributed by atoms with E-state index in [1.165, 1.54) is 4.57 Å². The monoisotopic (exact) mass is 301 g/mol. The Balaban J connectivity index is 2.50. The number of aromatic nitrogens is 1. The quantitative estimate of drug-likeness (QED) is 0.920. The molecule has 1 aromatic carbocycles. The van der Waals surface area contributed by atoms with E-state index < -0.39 is 5.97 Å². The van der Waals surface area contributed by atoms with Crippen molar-refractivity contribution in [1.82, 2.24) is 4.57 Å². The lowest BCUT2D eigenvalue weighted by Crippen LogP contribution is -2.23. The Morgan fingerprint density at radius 1 is 1.27 bits per heavy atom. The average Bonchev–Trinajstić information content (AvgIpc) is 2.48. The Labute approximate surface area is 128 Å². The Morgan fingerprint density at radius 3 is 2.64 bits per heavy atom. The molecule has 22 heavy (non-hydrogen) atoms. The molecular formula is C17H19NO4. The molecule has 0 radical (unpaired) electrons. The molecule has 0 unspecified atom stereocenters. The summed E-state index contributed by atoms with van der Waals surface area (Å²) in [6.07, 6.45) is 0.176. The highest BCUT2D eigenvalue weighted by atomic mass is 16.5. The zero-order valence-corrected chi connectivity index (χ0v) is 12.9. The van der Waals surface area contributed by atoms with Gasteiger partial charge in [-0.05, 0) is 31.5 Å². The van der Waals surface area contributed by atoms with Crippen LogP contribution < -0.4 is 10.3 Å². The van der Waals surface area contributed by atoms with Crippen LogP contribution in [0.15, 0.2) is 35.1 Å². The van der Waals surface area contributed by atoms with E-state index in [2.05, 4.69) is 0 Å². The van der Waals surface area contributed by atoms with Crippen LogP contribution in [0.25, 0.3) is 11.3 Å². The SMILES string of the molecule is COc1ccc(C)cc1-c1ccc(CCC(=O)O)c(=O)n1C. The highest BCUT2D eigenvalue weighted by molar-refractivity contribution is 5.69. The highest BCUT2D eigenvalue weighted by Gasteiger charge is 2.12. The summed E-state index contributed by atoms with van der Waals surface area (Å²) in [5.41, 5.74) is 2.97. The number of methoxy groups -OCH3 is 1. The van der Waals surface area contributed by atoms with Crippen LogP contribution in [0.4, 0.5) is 0 Å². The molecule has 2 aromatic rings. The highest BCUT2D eigenvalue weighted by Crippen LogP contribution is 2.30. The second-order valence-corrected chi connectivity index (χ2v) is 5.21. The third-order valence-corrected chi connectivity index (χ3v) is 3.62. The Hall–Kier alpha value is -2.56. The molecule has 0 saturated heterocycles. The molecule has 2 rings (SSSR count). The van der Waals surface area contributed by atoms with Crippen molar-refractivity contribution in [3.05, 3.63) is 51.8 Å². The summed E-state index contributed by atoms with van der Waals surface area (Å²) in [5.74, 6) is -0.217. The number of ether oxygens (including phenoxy) is 1. The van der Waals surface area contributed by atoms with Gasteiger partial charge in [-0.25, -0.2) is 0 Å². The Kier molecular flexibility index (Phi) is 4.65. The summed E-state index contributed by atoms with van der Waals surface area (Å²) < 4.78 is 6.90. The van der Waals surface area contributed by atoms with Crippen LogP contribution in [-0.4, -0.2) is 22.8 Å². The zero-order chi connectivity index (χ0) is 16.3. The molecule has 0 saturated carbocycles. The molecule has 5 heteroatoms. The lowest BCUT2D eigenvalue weighted by atomic mass is 10.0. The summed E-state index contributed by atoms with van der Waals surface area (Å²) in [6.45, 7) is 1.97. The summed E-state index contributed by atoms with van der Waals surface area (Å²) in [6, 6.07) is 9.30. The number of carboxylic acids is 1. The van der Waals surface area contributed by atoms with Crippen molar-refractivity contribution in [1.29, 1.82) is 0 Å². The molecule has 5 nitrogen and oxygen atoms in total. The number of rotatable bonds is 5. The molecule has 0 amide bonds. The van der Waals surface area contributed by atoms with Crippen LogP contribution in [0.5, 0.6) is 5.75 Å². The van der Waals surface area contributed by atoms with E-state index in [0.717, 1.165) is 16.8 Å². The average molecular weight is 301 g/mol. The molecule has 0 aliphatic carbocycles. The number of aryl methyl sites for hydroxylation is 2. The predicted molar refractivity (Wildman–Crippen MR) is 84.4 cm³/mol. The molecule has 0 aliphatic rings. The maximum Gasteiger partial charge on any atom is 0.303 e. The fourth-order valence-electron chi connectivity index (χ4n) is 2.41. The van der Waals surface area contributed by atoms with Gasteiger partial charge in [0.2, 0.25) is 0 Å². The van der Waals surface area contributed by atoms with Gasteiger partial charge in [-0.3, -0.25) is 9.59 Å².